The fourth-order valence-corrected chi connectivity index (χ4v) is 2.84. The third kappa shape index (κ3) is 4.17. The summed E-state index contributed by atoms with van der Waals surface area (Å²) in [5.74, 6) is -0.0912. The molecule has 21 heavy (non-hydrogen) atoms. The fraction of sp³-hybridized carbons (Fsp3) is 0.625. The summed E-state index contributed by atoms with van der Waals surface area (Å²) in [6.45, 7) is 4.30. The first kappa shape index (κ1) is 15.8. The molecule has 1 atom stereocenters. The maximum Gasteiger partial charge on any atom is 0.253 e. The first-order valence-corrected chi connectivity index (χ1v) is 7.75. The molecule has 5 heteroatoms. The minimum atomic E-state index is -0.0912. The molecular formula is C16H25N3O2. The van der Waals surface area contributed by atoms with Gasteiger partial charge < -0.3 is 15.0 Å². The summed E-state index contributed by atoms with van der Waals surface area (Å²) >= 11 is 0. The lowest BCUT2D eigenvalue weighted by Gasteiger charge is -2.37. The highest BCUT2D eigenvalue weighted by atomic mass is 16.5. The number of methoxy groups -OCH3 is 1. The number of ether oxygens (including phenoxy) is 1. The zero-order valence-corrected chi connectivity index (χ0v) is 13.0. The summed E-state index contributed by atoms with van der Waals surface area (Å²) in [6.07, 6.45) is 8.34. The maximum absolute atomic E-state index is 12.1. The SMILES string of the molecule is CCC1CCCCN1c1cncc(C(=O)NCCOC)c1. The topological polar surface area (TPSA) is 54.5 Å². The molecule has 0 spiro atoms. The van der Waals surface area contributed by atoms with Crippen LogP contribution in [0.3, 0.4) is 0 Å². The standard InChI is InChI=1S/C16H25N3O2/c1-3-14-6-4-5-8-19(14)15-10-13(11-17-12-15)16(20)18-7-9-21-2/h10-12,14H,3-9H2,1-2H3,(H,18,20). The van der Waals surface area contributed by atoms with Gasteiger partial charge in [0.2, 0.25) is 0 Å². The lowest BCUT2D eigenvalue weighted by molar-refractivity contribution is 0.0936. The molecule has 1 saturated heterocycles. The second-order valence-electron chi connectivity index (χ2n) is 5.43. The van der Waals surface area contributed by atoms with E-state index in [-0.39, 0.29) is 5.91 Å². The molecule has 2 rings (SSSR count). The summed E-state index contributed by atoms with van der Waals surface area (Å²) in [7, 11) is 1.62. The van der Waals surface area contributed by atoms with Crippen molar-refractivity contribution >= 4 is 11.6 Å². The minimum Gasteiger partial charge on any atom is -0.383 e. The molecule has 0 aromatic carbocycles. The van der Waals surface area contributed by atoms with Crippen LogP contribution >= 0.6 is 0 Å². The van der Waals surface area contributed by atoms with Gasteiger partial charge in [-0.15, -0.1) is 0 Å². The molecule has 0 radical (unpaired) electrons. The van der Waals surface area contributed by atoms with Gasteiger partial charge in [-0.05, 0) is 31.7 Å². The summed E-state index contributed by atoms with van der Waals surface area (Å²) in [4.78, 5) is 18.7. The predicted octanol–water partition coefficient (Wildman–Crippen LogP) is 2.23. The normalized spacial score (nSPS) is 18.6. The first-order valence-electron chi connectivity index (χ1n) is 7.75. The molecule has 116 valence electrons. The Balaban J connectivity index is 2.07. The molecule has 2 heterocycles. The van der Waals surface area contributed by atoms with Gasteiger partial charge in [0, 0.05) is 32.4 Å². The van der Waals surface area contributed by atoms with Gasteiger partial charge in [0.15, 0.2) is 0 Å². The van der Waals surface area contributed by atoms with Crippen molar-refractivity contribution in [2.75, 3.05) is 31.7 Å². The first-order chi connectivity index (χ1) is 10.3. The number of anilines is 1. The minimum absolute atomic E-state index is 0.0912. The Labute approximate surface area is 126 Å². The fourth-order valence-electron chi connectivity index (χ4n) is 2.84. The molecule has 0 saturated carbocycles. The smallest absolute Gasteiger partial charge is 0.253 e. The van der Waals surface area contributed by atoms with Crippen molar-refractivity contribution in [2.45, 2.75) is 38.6 Å². The van der Waals surface area contributed by atoms with Crippen LogP contribution in [0.1, 0.15) is 43.0 Å². The molecule has 1 unspecified atom stereocenters. The van der Waals surface area contributed by atoms with E-state index in [0.717, 1.165) is 18.7 Å². The van der Waals surface area contributed by atoms with Crippen LogP contribution in [0.5, 0.6) is 0 Å². The molecule has 1 aliphatic heterocycles. The number of carbonyl (C=O) groups excluding carboxylic acids is 1. The van der Waals surface area contributed by atoms with Crippen LogP contribution in [0.15, 0.2) is 18.5 Å². The van der Waals surface area contributed by atoms with Crippen molar-refractivity contribution < 1.29 is 9.53 Å². The van der Waals surface area contributed by atoms with Crippen molar-refractivity contribution in [3.8, 4) is 0 Å². The number of amides is 1. The highest BCUT2D eigenvalue weighted by Crippen LogP contribution is 2.26. The average molecular weight is 291 g/mol. The van der Waals surface area contributed by atoms with E-state index in [1.165, 1.54) is 19.3 Å². The number of pyridine rings is 1. The van der Waals surface area contributed by atoms with Crippen LogP contribution in [-0.2, 0) is 4.74 Å². The van der Waals surface area contributed by atoms with Crippen molar-refractivity contribution in [3.05, 3.63) is 24.0 Å². The number of hydrogen-bond donors (Lipinski definition) is 1. The van der Waals surface area contributed by atoms with Gasteiger partial charge >= 0.3 is 0 Å². The lowest BCUT2D eigenvalue weighted by atomic mass is 9.99. The molecule has 1 aromatic heterocycles. The molecule has 1 fully saturated rings. The van der Waals surface area contributed by atoms with E-state index in [1.807, 2.05) is 12.3 Å². The van der Waals surface area contributed by atoms with Gasteiger partial charge in [0.25, 0.3) is 5.91 Å². The zero-order chi connectivity index (χ0) is 15.1. The summed E-state index contributed by atoms with van der Waals surface area (Å²) < 4.78 is 4.94. The summed E-state index contributed by atoms with van der Waals surface area (Å²) in [5, 5.41) is 2.83. The van der Waals surface area contributed by atoms with Crippen LogP contribution in [0, 0.1) is 0 Å². The Bertz CT molecular complexity index is 465. The van der Waals surface area contributed by atoms with Gasteiger partial charge in [0.1, 0.15) is 0 Å². The van der Waals surface area contributed by atoms with Gasteiger partial charge in [-0.25, -0.2) is 0 Å². The average Bonchev–Trinajstić information content (AvgIpc) is 2.55. The number of rotatable bonds is 6. The van der Waals surface area contributed by atoms with Gasteiger partial charge in [0.05, 0.1) is 24.1 Å². The van der Waals surface area contributed by atoms with Crippen LogP contribution in [0.25, 0.3) is 0 Å². The monoisotopic (exact) mass is 291 g/mol. The Morgan fingerprint density at radius 2 is 2.33 bits per heavy atom. The van der Waals surface area contributed by atoms with E-state index in [1.54, 1.807) is 13.3 Å². The highest BCUT2D eigenvalue weighted by Gasteiger charge is 2.22. The van der Waals surface area contributed by atoms with E-state index in [4.69, 9.17) is 4.74 Å². The Morgan fingerprint density at radius 1 is 1.48 bits per heavy atom. The summed E-state index contributed by atoms with van der Waals surface area (Å²) in [6, 6.07) is 2.51. The van der Waals surface area contributed by atoms with Crippen molar-refractivity contribution in [1.29, 1.82) is 0 Å². The number of nitrogens with zero attached hydrogens (tertiary/aromatic N) is 2. The van der Waals surface area contributed by atoms with Gasteiger partial charge in [-0.3, -0.25) is 9.78 Å². The van der Waals surface area contributed by atoms with E-state index >= 15 is 0 Å². The Morgan fingerprint density at radius 3 is 3.10 bits per heavy atom. The molecule has 1 amide bonds. The van der Waals surface area contributed by atoms with E-state index in [0.29, 0.717) is 24.8 Å². The van der Waals surface area contributed by atoms with Crippen LogP contribution in [0.4, 0.5) is 5.69 Å². The number of piperidine rings is 1. The maximum atomic E-state index is 12.1. The van der Waals surface area contributed by atoms with Gasteiger partial charge in [-0.2, -0.15) is 0 Å². The summed E-state index contributed by atoms with van der Waals surface area (Å²) in [5.41, 5.74) is 1.67. The molecule has 5 nitrogen and oxygen atoms in total. The molecule has 0 aliphatic carbocycles. The quantitative estimate of drug-likeness (QED) is 0.817. The zero-order valence-electron chi connectivity index (χ0n) is 13.0. The lowest BCUT2D eigenvalue weighted by Crippen LogP contribution is -2.39. The number of aromatic nitrogens is 1. The molecular weight excluding hydrogens is 266 g/mol. The van der Waals surface area contributed by atoms with E-state index in [9.17, 15) is 4.79 Å². The highest BCUT2D eigenvalue weighted by molar-refractivity contribution is 5.94. The molecule has 1 aromatic rings. The van der Waals surface area contributed by atoms with E-state index in [2.05, 4.69) is 22.1 Å². The van der Waals surface area contributed by atoms with Crippen LogP contribution in [-0.4, -0.2) is 43.7 Å². The Kier molecular flexibility index (Phi) is 5.99. The van der Waals surface area contributed by atoms with Crippen LogP contribution in [0.2, 0.25) is 0 Å². The number of carbonyl (C=O) groups is 1. The third-order valence-corrected chi connectivity index (χ3v) is 4.01. The molecule has 1 aliphatic rings. The van der Waals surface area contributed by atoms with E-state index < -0.39 is 0 Å². The third-order valence-electron chi connectivity index (χ3n) is 4.01. The predicted molar refractivity (Wildman–Crippen MR) is 83.7 cm³/mol. The number of nitrogens with one attached hydrogen (secondary N) is 1. The number of hydrogen-bond acceptors (Lipinski definition) is 4. The molecule has 0 bridgehead atoms. The van der Waals surface area contributed by atoms with Crippen molar-refractivity contribution in [2.24, 2.45) is 0 Å². The largest absolute Gasteiger partial charge is 0.383 e. The van der Waals surface area contributed by atoms with Crippen molar-refractivity contribution in [3.63, 3.8) is 0 Å². The Hall–Kier alpha value is -1.62. The van der Waals surface area contributed by atoms with Crippen LogP contribution < -0.4 is 10.2 Å². The second-order valence-corrected chi connectivity index (χ2v) is 5.43. The van der Waals surface area contributed by atoms with Gasteiger partial charge in [-0.1, -0.05) is 6.92 Å². The second kappa shape index (κ2) is 7.98. The molecule has 1 N–H and O–H groups in total. The van der Waals surface area contributed by atoms with Crippen molar-refractivity contribution in [1.82, 2.24) is 10.3 Å².